The van der Waals surface area contributed by atoms with Gasteiger partial charge < -0.3 is 4.90 Å². The normalized spacial score (nSPS) is 20.8. The summed E-state index contributed by atoms with van der Waals surface area (Å²) >= 11 is 3.25. The molecule has 1 aromatic rings. The standard InChI is InChI=1S/C13H13BrF3NO/c1-8-4-5-9(7-10(8)13(15,16)17)18-6-2-3-11(14)12(18)19/h4-5,7,11H,2-3,6H2,1H3. The van der Waals surface area contributed by atoms with E-state index in [1.54, 1.807) is 6.07 Å². The van der Waals surface area contributed by atoms with Crippen molar-refractivity contribution in [1.82, 2.24) is 0 Å². The number of alkyl halides is 4. The Labute approximate surface area is 117 Å². The molecular formula is C13H13BrF3NO. The van der Waals surface area contributed by atoms with E-state index in [1.165, 1.54) is 17.9 Å². The highest BCUT2D eigenvalue weighted by atomic mass is 79.9. The number of carbonyl (C=O) groups is 1. The van der Waals surface area contributed by atoms with Gasteiger partial charge in [0.15, 0.2) is 0 Å². The van der Waals surface area contributed by atoms with Gasteiger partial charge >= 0.3 is 6.18 Å². The van der Waals surface area contributed by atoms with Gasteiger partial charge in [0.1, 0.15) is 0 Å². The number of halogens is 4. The second-order valence-corrected chi connectivity index (χ2v) is 5.70. The van der Waals surface area contributed by atoms with Crippen LogP contribution in [0.4, 0.5) is 18.9 Å². The molecule has 1 heterocycles. The lowest BCUT2D eigenvalue weighted by Crippen LogP contribution is -2.41. The average molecular weight is 336 g/mol. The molecule has 1 saturated heterocycles. The van der Waals surface area contributed by atoms with Crippen LogP contribution >= 0.6 is 15.9 Å². The topological polar surface area (TPSA) is 20.3 Å². The van der Waals surface area contributed by atoms with Gasteiger partial charge in [0.2, 0.25) is 5.91 Å². The molecule has 0 spiro atoms. The first-order valence-corrected chi connectivity index (χ1v) is 6.85. The van der Waals surface area contributed by atoms with E-state index in [1.807, 2.05) is 0 Å². The fourth-order valence-electron chi connectivity index (χ4n) is 2.17. The van der Waals surface area contributed by atoms with Crippen LogP contribution in [0, 0.1) is 6.92 Å². The molecule has 0 aromatic heterocycles. The molecule has 2 nitrogen and oxygen atoms in total. The van der Waals surface area contributed by atoms with E-state index < -0.39 is 11.7 Å². The molecule has 2 rings (SSSR count). The van der Waals surface area contributed by atoms with Crippen molar-refractivity contribution in [2.45, 2.75) is 30.8 Å². The zero-order chi connectivity index (χ0) is 14.2. The van der Waals surface area contributed by atoms with Crippen LogP contribution in [0.2, 0.25) is 0 Å². The Morgan fingerprint density at radius 3 is 2.68 bits per heavy atom. The van der Waals surface area contributed by atoms with Crippen molar-refractivity contribution in [3.8, 4) is 0 Å². The summed E-state index contributed by atoms with van der Waals surface area (Å²) in [5.41, 5.74) is -0.210. The number of hydrogen-bond acceptors (Lipinski definition) is 1. The first kappa shape index (κ1) is 14.4. The molecule has 1 aromatic carbocycles. The SMILES string of the molecule is Cc1ccc(N2CCCC(Br)C2=O)cc1C(F)(F)F. The Bertz CT molecular complexity index is 501. The second kappa shape index (κ2) is 5.15. The maximum atomic E-state index is 12.9. The number of amides is 1. The lowest BCUT2D eigenvalue weighted by Gasteiger charge is -2.30. The van der Waals surface area contributed by atoms with Gasteiger partial charge in [0.05, 0.1) is 10.4 Å². The van der Waals surface area contributed by atoms with Crippen LogP contribution in [-0.2, 0) is 11.0 Å². The van der Waals surface area contributed by atoms with Crippen molar-refractivity contribution in [3.05, 3.63) is 29.3 Å². The quantitative estimate of drug-likeness (QED) is 0.712. The summed E-state index contributed by atoms with van der Waals surface area (Å²) in [6.07, 6.45) is -2.91. The van der Waals surface area contributed by atoms with E-state index in [0.717, 1.165) is 12.5 Å². The van der Waals surface area contributed by atoms with Crippen LogP contribution in [0.3, 0.4) is 0 Å². The largest absolute Gasteiger partial charge is 0.416 e. The van der Waals surface area contributed by atoms with Gasteiger partial charge in [-0.05, 0) is 37.5 Å². The lowest BCUT2D eigenvalue weighted by molar-refractivity contribution is -0.138. The van der Waals surface area contributed by atoms with Gasteiger partial charge in [-0.3, -0.25) is 4.79 Å². The zero-order valence-electron chi connectivity index (χ0n) is 10.3. The lowest BCUT2D eigenvalue weighted by atomic mass is 10.0. The Kier molecular flexibility index (Phi) is 3.90. The van der Waals surface area contributed by atoms with E-state index in [9.17, 15) is 18.0 Å². The van der Waals surface area contributed by atoms with E-state index in [2.05, 4.69) is 15.9 Å². The predicted octanol–water partition coefficient (Wildman–Crippen LogP) is 3.90. The maximum Gasteiger partial charge on any atom is 0.416 e. The van der Waals surface area contributed by atoms with Crippen molar-refractivity contribution >= 4 is 27.5 Å². The number of hydrogen-bond donors (Lipinski definition) is 0. The number of benzene rings is 1. The Morgan fingerprint density at radius 1 is 1.37 bits per heavy atom. The summed E-state index contributed by atoms with van der Waals surface area (Å²) in [5.74, 6) is -0.178. The molecule has 1 atom stereocenters. The minimum atomic E-state index is -4.40. The van der Waals surface area contributed by atoms with Crippen LogP contribution in [0.1, 0.15) is 24.0 Å². The Hall–Kier alpha value is -1.04. The van der Waals surface area contributed by atoms with Crippen LogP contribution in [0.5, 0.6) is 0 Å². The molecule has 1 amide bonds. The minimum Gasteiger partial charge on any atom is -0.311 e. The third-order valence-corrected chi connectivity index (χ3v) is 4.06. The summed E-state index contributed by atoms with van der Waals surface area (Å²) in [4.78, 5) is 13.1. The van der Waals surface area contributed by atoms with E-state index in [0.29, 0.717) is 18.7 Å². The van der Waals surface area contributed by atoms with Crippen LogP contribution < -0.4 is 4.90 Å². The number of rotatable bonds is 1. The van der Waals surface area contributed by atoms with Gasteiger partial charge in [0, 0.05) is 12.2 Å². The summed E-state index contributed by atoms with van der Waals surface area (Å²) in [6, 6.07) is 4.02. The fraction of sp³-hybridized carbons (Fsp3) is 0.462. The first-order chi connectivity index (χ1) is 8.80. The van der Waals surface area contributed by atoms with Crippen LogP contribution in [-0.4, -0.2) is 17.3 Å². The van der Waals surface area contributed by atoms with Crippen LogP contribution in [0.15, 0.2) is 18.2 Å². The molecular weight excluding hydrogens is 323 g/mol. The van der Waals surface area contributed by atoms with Crippen molar-refractivity contribution in [1.29, 1.82) is 0 Å². The molecule has 1 fully saturated rings. The second-order valence-electron chi connectivity index (χ2n) is 4.60. The molecule has 0 aliphatic carbocycles. The number of anilines is 1. The first-order valence-electron chi connectivity index (χ1n) is 5.94. The number of nitrogens with zero attached hydrogens (tertiary/aromatic N) is 1. The molecule has 1 aliphatic heterocycles. The molecule has 19 heavy (non-hydrogen) atoms. The molecule has 1 unspecified atom stereocenters. The minimum absolute atomic E-state index is 0.163. The van der Waals surface area contributed by atoms with E-state index in [4.69, 9.17) is 0 Å². The van der Waals surface area contributed by atoms with E-state index in [-0.39, 0.29) is 16.3 Å². The van der Waals surface area contributed by atoms with Crippen molar-refractivity contribution in [2.75, 3.05) is 11.4 Å². The van der Waals surface area contributed by atoms with Crippen LogP contribution in [0.25, 0.3) is 0 Å². The predicted molar refractivity (Wildman–Crippen MR) is 70.5 cm³/mol. The van der Waals surface area contributed by atoms with Gasteiger partial charge in [0.25, 0.3) is 0 Å². The fourth-order valence-corrected chi connectivity index (χ4v) is 2.74. The Balaban J connectivity index is 2.38. The smallest absolute Gasteiger partial charge is 0.311 e. The number of aryl methyl sites for hydroxylation is 1. The third-order valence-electron chi connectivity index (χ3n) is 3.21. The zero-order valence-corrected chi connectivity index (χ0v) is 11.9. The van der Waals surface area contributed by atoms with Gasteiger partial charge in [-0.25, -0.2) is 0 Å². The summed E-state index contributed by atoms with van der Waals surface area (Å²) in [6.45, 7) is 1.87. The highest BCUT2D eigenvalue weighted by Gasteiger charge is 2.34. The average Bonchev–Trinajstić information content (AvgIpc) is 2.32. The number of piperidine rings is 1. The molecule has 0 radical (unpaired) electrons. The molecule has 104 valence electrons. The third kappa shape index (κ3) is 2.94. The van der Waals surface area contributed by atoms with Crippen molar-refractivity contribution < 1.29 is 18.0 Å². The highest BCUT2D eigenvalue weighted by Crippen LogP contribution is 2.35. The summed E-state index contributed by atoms with van der Waals surface area (Å²) < 4.78 is 38.6. The maximum absolute atomic E-state index is 12.9. The van der Waals surface area contributed by atoms with E-state index >= 15 is 0 Å². The van der Waals surface area contributed by atoms with Crippen molar-refractivity contribution in [2.24, 2.45) is 0 Å². The molecule has 0 bridgehead atoms. The van der Waals surface area contributed by atoms with Gasteiger partial charge in [-0.15, -0.1) is 0 Å². The van der Waals surface area contributed by atoms with Gasteiger partial charge in [-0.1, -0.05) is 22.0 Å². The summed E-state index contributed by atoms with van der Waals surface area (Å²) in [7, 11) is 0. The number of carbonyl (C=O) groups excluding carboxylic acids is 1. The molecule has 0 N–H and O–H groups in total. The molecule has 0 saturated carbocycles. The Morgan fingerprint density at radius 2 is 2.05 bits per heavy atom. The highest BCUT2D eigenvalue weighted by molar-refractivity contribution is 9.10. The summed E-state index contributed by atoms with van der Waals surface area (Å²) in [5, 5.41) is 0. The van der Waals surface area contributed by atoms with Gasteiger partial charge in [-0.2, -0.15) is 13.2 Å². The monoisotopic (exact) mass is 335 g/mol. The van der Waals surface area contributed by atoms with Crippen molar-refractivity contribution in [3.63, 3.8) is 0 Å². The molecule has 1 aliphatic rings. The molecule has 6 heteroatoms.